The molecule has 2 amide bonds. The fourth-order valence-electron chi connectivity index (χ4n) is 2.01. The molecule has 120 valence electrons. The van der Waals surface area contributed by atoms with E-state index in [1.165, 1.54) is 0 Å². The quantitative estimate of drug-likeness (QED) is 0.807. The van der Waals surface area contributed by atoms with Crippen LogP contribution in [0.15, 0.2) is 46.9 Å². The molecule has 0 aliphatic rings. The number of hydrogen-bond acceptors (Lipinski definition) is 3. The van der Waals surface area contributed by atoms with Crippen molar-refractivity contribution >= 4 is 33.4 Å². The Labute approximate surface area is 143 Å². The summed E-state index contributed by atoms with van der Waals surface area (Å²) in [6.07, 6.45) is 0.835. The minimum Gasteiger partial charge on any atom is -0.493 e. The van der Waals surface area contributed by atoms with Gasteiger partial charge < -0.3 is 15.8 Å². The molecule has 2 aromatic carbocycles. The molecule has 0 saturated carbocycles. The third-order valence-electron chi connectivity index (χ3n) is 3.09. The van der Waals surface area contributed by atoms with Crippen molar-refractivity contribution in [1.29, 1.82) is 0 Å². The van der Waals surface area contributed by atoms with Crippen LogP contribution < -0.4 is 15.8 Å². The number of carbonyl (C=O) groups is 2. The summed E-state index contributed by atoms with van der Waals surface area (Å²) in [6.45, 7) is 2.50. The number of carbonyl (C=O) groups excluding carboxylic acids is 2. The smallest absolute Gasteiger partial charge is 0.259 e. The van der Waals surface area contributed by atoms with Gasteiger partial charge in [-0.3, -0.25) is 9.59 Å². The summed E-state index contributed by atoms with van der Waals surface area (Å²) >= 11 is 3.35. The standard InChI is InChI=1S/C17H17BrN2O3/c1-2-9-23-15-8-7-11(18)10-13(15)17(22)20-14-6-4-3-5-12(14)16(19)21/h3-8,10H,2,9H2,1H3,(H2,19,21)(H,20,22). The lowest BCUT2D eigenvalue weighted by atomic mass is 10.1. The van der Waals surface area contributed by atoms with Gasteiger partial charge in [0.05, 0.1) is 23.4 Å². The van der Waals surface area contributed by atoms with Crippen molar-refractivity contribution in [2.45, 2.75) is 13.3 Å². The van der Waals surface area contributed by atoms with Crippen LogP contribution in [0.3, 0.4) is 0 Å². The Morgan fingerprint density at radius 2 is 1.91 bits per heavy atom. The fourth-order valence-corrected chi connectivity index (χ4v) is 2.38. The summed E-state index contributed by atoms with van der Waals surface area (Å²) in [4.78, 5) is 24.0. The number of ether oxygens (including phenoxy) is 1. The summed E-state index contributed by atoms with van der Waals surface area (Å²) in [5, 5.41) is 2.71. The van der Waals surface area contributed by atoms with Gasteiger partial charge in [-0.15, -0.1) is 0 Å². The highest BCUT2D eigenvalue weighted by Crippen LogP contribution is 2.25. The van der Waals surface area contributed by atoms with E-state index in [2.05, 4.69) is 21.2 Å². The van der Waals surface area contributed by atoms with Gasteiger partial charge >= 0.3 is 0 Å². The molecule has 0 heterocycles. The number of para-hydroxylation sites is 1. The van der Waals surface area contributed by atoms with Gasteiger partial charge in [-0.2, -0.15) is 0 Å². The summed E-state index contributed by atoms with van der Waals surface area (Å²) in [5.74, 6) is -0.479. The van der Waals surface area contributed by atoms with E-state index in [0.717, 1.165) is 10.9 Å². The van der Waals surface area contributed by atoms with E-state index < -0.39 is 5.91 Å². The molecule has 0 radical (unpaired) electrons. The Balaban J connectivity index is 2.31. The second-order valence-corrected chi connectivity index (χ2v) is 5.77. The Kier molecular flexibility index (Phi) is 5.76. The minimum absolute atomic E-state index is 0.256. The number of amides is 2. The van der Waals surface area contributed by atoms with Crippen LogP contribution in [-0.4, -0.2) is 18.4 Å². The molecular formula is C17H17BrN2O3. The summed E-state index contributed by atoms with van der Waals surface area (Å²) in [5.41, 5.74) is 6.33. The van der Waals surface area contributed by atoms with Crippen molar-refractivity contribution in [3.8, 4) is 5.75 Å². The Morgan fingerprint density at radius 1 is 1.17 bits per heavy atom. The number of nitrogens with one attached hydrogen (secondary N) is 1. The number of benzene rings is 2. The fraction of sp³-hybridized carbons (Fsp3) is 0.176. The van der Waals surface area contributed by atoms with E-state index in [1.807, 2.05) is 6.92 Å². The third-order valence-corrected chi connectivity index (χ3v) is 3.58. The predicted molar refractivity (Wildman–Crippen MR) is 92.8 cm³/mol. The van der Waals surface area contributed by atoms with Crippen molar-refractivity contribution in [2.24, 2.45) is 5.73 Å². The van der Waals surface area contributed by atoms with Crippen LogP contribution in [0.5, 0.6) is 5.75 Å². The van der Waals surface area contributed by atoms with Gasteiger partial charge in [0, 0.05) is 4.47 Å². The molecule has 23 heavy (non-hydrogen) atoms. The molecule has 0 saturated heterocycles. The van der Waals surface area contributed by atoms with E-state index in [0.29, 0.717) is 23.6 Å². The first kappa shape index (κ1) is 17.0. The van der Waals surface area contributed by atoms with Crippen LogP contribution in [0.1, 0.15) is 34.1 Å². The number of anilines is 1. The van der Waals surface area contributed by atoms with Gasteiger partial charge in [-0.1, -0.05) is 35.0 Å². The molecule has 0 atom stereocenters. The van der Waals surface area contributed by atoms with Gasteiger partial charge in [0.1, 0.15) is 5.75 Å². The highest BCUT2D eigenvalue weighted by atomic mass is 79.9. The lowest BCUT2D eigenvalue weighted by Gasteiger charge is -2.13. The normalized spacial score (nSPS) is 10.2. The molecular weight excluding hydrogens is 360 g/mol. The van der Waals surface area contributed by atoms with Crippen LogP contribution in [-0.2, 0) is 0 Å². The van der Waals surface area contributed by atoms with Crippen molar-refractivity contribution in [3.63, 3.8) is 0 Å². The van der Waals surface area contributed by atoms with E-state index in [9.17, 15) is 9.59 Å². The number of halogens is 1. The summed E-state index contributed by atoms with van der Waals surface area (Å²) < 4.78 is 6.36. The first-order valence-corrected chi connectivity index (χ1v) is 7.94. The highest BCUT2D eigenvalue weighted by Gasteiger charge is 2.16. The summed E-state index contributed by atoms with van der Waals surface area (Å²) in [6, 6.07) is 11.8. The number of rotatable bonds is 6. The second-order valence-electron chi connectivity index (χ2n) is 4.85. The van der Waals surface area contributed by atoms with Gasteiger partial charge in [0.25, 0.3) is 11.8 Å². The van der Waals surface area contributed by atoms with E-state index in [-0.39, 0.29) is 11.5 Å². The Morgan fingerprint density at radius 3 is 2.61 bits per heavy atom. The number of primary amides is 1. The zero-order chi connectivity index (χ0) is 16.8. The van der Waals surface area contributed by atoms with Gasteiger partial charge in [0.2, 0.25) is 0 Å². The molecule has 2 rings (SSSR count). The molecule has 0 bridgehead atoms. The van der Waals surface area contributed by atoms with Gasteiger partial charge in [-0.25, -0.2) is 0 Å². The lowest BCUT2D eigenvalue weighted by Crippen LogP contribution is -2.19. The SMILES string of the molecule is CCCOc1ccc(Br)cc1C(=O)Nc1ccccc1C(N)=O. The van der Waals surface area contributed by atoms with E-state index in [4.69, 9.17) is 10.5 Å². The monoisotopic (exact) mass is 376 g/mol. The molecule has 0 unspecified atom stereocenters. The Bertz CT molecular complexity index is 732. The topological polar surface area (TPSA) is 81.4 Å². The average molecular weight is 377 g/mol. The second kappa shape index (κ2) is 7.78. The van der Waals surface area contributed by atoms with Crippen LogP contribution in [0.25, 0.3) is 0 Å². The van der Waals surface area contributed by atoms with E-state index in [1.54, 1.807) is 42.5 Å². The largest absolute Gasteiger partial charge is 0.493 e. The minimum atomic E-state index is -0.599. The molecule has 0 aliphatic heterocycles. The highest BCUT2D eigenvalue weighted by molar-refractivity contribution is 9.10. The first-order valence-electron chi connectivity index (χ1n) is 7.15. The third kappa shape index (κ3) is 4.32. The predicted octanol–water partition coefficient (Wildman–Crippen LogP) is 3.59. The lowest BCUT2D eigenvalue weighted by molar-refractivity contribution is 0.100. The molecule has 0 aromatic heterocycles. The molecule has 0 aliphatic carbocycles. The molecule has 0 fully saturated rings. The zero-order valence-corrected chi connectivity index (χ0v) is 14.2. The van der Waals surface area contributed by atoms with Crippen molar-refractivity contribution in [3.05, 3.63) is 58.1 Å². The molecule has 3 N–H and O–H groups in total. The number of hydrogen-bond donors (Lipinski definition) is 2. The average Bonchev–Trinajstić information content (AvgIpc) is 2.54. The van der Waals surface area contributed by atoms with E-state index >= 15 is 0 Å². The molecule has 6 heteroatoms. The first-order chi connectivity index (χ1) is 11.0. The van der Waals surface area contributed by atoms with Crippen molar-refractivity contribution < 1.29 is 14.3 Å². The number of nitrogens with two attached hydrogens (primary N) is 1. The molecule has 0 spiro atoms. The van der Waals surface area contributed by atoms with Crippen molar-refractivity contribution in [2.75, 3.05) is 11.9 Å². The maximum atomic E-state index is 12.6. The molecule has 2 aromatic rings. The van der Waals surface area contributed by atoms with Gasteiger partial charge in [-0.05, 0) is 36.8 Å². The molecule has 5 nitrogen and oxygen atoms in total. The maximum absolute atomic E-state index is 12.6. The van der Waals surface area contributed by atoms with Crippen LogP contribution in [0, 0.1) is 0 Å². The summed E-state index contributed by atoms with van der Waals surface area (Å²) in [7, 11) is 0. The van der Waals surface area contributed by atoms with Crippen molar-refractivity contribution in [1.82, 2.24) is 0 Å². The van der Waals surface area contributed by atoms with Crippen LogP contribution in [0.4, 0.5) is 5.69 Å². The van der Waals surface area contributed by atoms with Gasteiger partial charge in [0.15, 0.2) is 0 Å². The maximum Gasteiger partial charge on any atom is 0.259 e. The Hall–Kier alpha value is -2.34. The van der Waals surface area contributed by atoms with Crippen LogP contribution in [0.2, 0.25) is 0 Å². The van der Waals surface area contributed by atoms with Crippen LogP contribution >= 0.6 is 15.9 Å². The zero-order valence-electron chi connectivity index (χ0n) is 12.6.